The van der Waals surface area contributed by atoms with Crippen molar-refractivity contribution in [2.45, 2.75) is 13.5 Å². The van der Waals surface area contributed by atoms with Crippen LogP contribution in [0, 0.1) is 0 Å². The highest BCUT2D eigenvalue weighted by Gasteiger charge is 2.16. The summed E-state index contributed by atoms with van der Waals surface area (Å²) in [6, 6.07) is 3.21. The van der Waals surface area contributed by atoms with E-state index in [9.17, 15) is 9.59 Å². The third-order valence-corrected chi connectivity index (χ3v) is 2.79. The van der Waals surface area contributed by atoms with Gasteiger partial charge >= 0.3 is 5.69 Å². The molecule has 88 valence electrons. The minimum Gasteiger partial charge on any atom is -0.454 e. The molecule has 0 bridgehead atoms. The first kappa shape index (κ1) is 9.95. The Hall–Kier alpha value is -2.24. The number of rotatable bonds is 1. The highest BCUT2D eigenvalue weighted by atomic mass is 16.7. The molecule has 0 fully saturated rings. The summed E-state index contributed by atoms with van der Waals surface area (Å²) in [7, 11) is 0. The molecule has 0 amide bonds. The number of fused-ring (bicyclic) bond motifs is 2. The van der Waals surface area contributed by atoms with E-state index in [1.54, 1.807) is 19.1 Å². The highest BCUT2D eigenvalue weighted by Crippen LogP contribution is 2.33. The summed E-state index contributed by atoms with van der Waals surface area (Å²) in [5, 5.41) is 0.427. The van der Waals surface area contributed by atoms with E-state index < -0.39 is 5.69 Å². The summed E-state index contributed by atoms with van der Waals surface area (Å²) in [5.41, 5.74) is -0.262. The van der Waals surface area contributed by atoms with Crippen LogP contribution in [0.15, 0.2) is 21.7 Å². The van der Waals surface area contributed by atoms with Crippen molar-refractivity contribution in [1.29, 1.82) is 0 Å². The van der Waals surface area contributed by atoms with Gasteiger partial charge in [0.2, 0.25) is 6.79 Å². The lowest BCUT2D eigenvalue weighted by Crippen LogP contribution is -2.34. The van der Waals surface area contributed by atoms with Crippen LogP contribution in [0.1, 0.15) is 6.92 Å². The predicted molar refractivity (Wildman–Crippen MR) is 60.6 cm³/mol. The van der Waals surface area contributed by atoms with Crippen LogP contribution in [0.4, 0.5) is 0 Å². The third kappa shape index (κ3) is 1.33. The second kappa shape index (κ2) is 3.38. The normalized spacial score (nSPS) is 13.2. The van der Waals surface area contributed by atoms with Gasteiger partial charge in [-0.3, -0.25) is 9.36 Å². The zero-order chi connectivity index (χ0) is 12.0. The Kier molecular flexibility index (Phi) is 1.98. The van der Waals surface area contributed by atoms with E-state index in [0.717, 1.165) is 4.57 Å². The molecule has 17 heavy (non-hydrogen) atoms. The zero-order valence-corrected chi connectivity index (χ0v) is 9.15. The van der Waals surface area contributed by atoms with Crippen LogP contribution in [0.3, 0.4) is 0 Å². The van der Waals surface area contributed by atoms with Crippen molar-refractivity contribution in [3.63, 3.8) is 0 Å². The molecule has 2 aromatic rings. The van der Waals surface area contributed by atoms with Gasteiger partial charge in [-0.2, -0.15) is 0 Å². The molecule has 3 rings (SSSR count). The summed E-state index contributed by atoms with van der Waals surface area (Å²) in [4.78, 5) is 26.3. The summed E-state index contributed by atoms with van der Waals surface area (Å²) < 4.78 is 11.5. The minimum atomic E-state index is -0.413. The van der Waals surface area contributed by atoms with Gasteiger partial charge in [-0.25, -0.2) is 4.79 Å². The molecule has 1 aliphatic rings. The molecular formula is C11H10N2O4. The number of aromatic nitrogens is 2. The lowest BCUT2D eigenvalue weighted by molar-refractivity contribution is 0.174. The van der Waals surface area contributed by atoms with E-state index in [-0.39, 0.29) is 12.4 Å². The molecule has 0 saturated carbocycles. The maximum atomic E-state index is 12.0. The number of nitrogens with zero attached hydrogens (tertiary/aromatic N) is 1. The average molecular weight is 234 g/mol. The fourth-order valence-electron chi connectivity index (χ4n) is 1.93. The van der Waals surface area contributed by atoms with E-state index in [4.69, 9.17) is 9.47 Å². The Morgan fingerprint density at radius 3 is 2.71 bits per heavy atom. The topological polar surface area (TPSA) is 73.3 Å². The first-order chi connectivity index (χ1) is 8.20. The van der Waals surface area contributed by atoms with Crippen LogP contribution in [-0.4, -0.2) is 16.3 Å². The van der Waals surface area contributed by atoms with Crippen molar-refractivity contribution in [3.8, 4) is 11.5 Å². The van der Waals surface area contributed by atoms with E-state index in [0.29, 0.717) is 28.9 Å². The molecule has 6 heteroatoms. The van der Waals surface area contributed by atoms with Gasteiger partial charge in [0.15, 0.2) is 11.5 Å². The van der Waals surface area contributed by atoms with Crippen molar-refractivity contribution in [3.05, 3.63) is 33.0 Å². The summed E-state index contributed by atoms with van der Waals surface area (Å²) in [6.45, 7) is 2.21. The van der Waals surface area contributed by atoms with Gasteiger partial charge in [0.25, 0.3) is 5.56 Å². The molecule has 1 N–H and O–H groups in total. The van der Waals surface area contributed by atoms with Gasteiger partial charge in [-0.1, -0.05) is 0 Å². The van der Waals surface area contributed by atoms with Gasteiger partial charge in [0.05, 0.1) is 10.9 Å². The molecule has 0 atom stereocenters. The van der Waals surface area contributed by atoms with Crippen molar-refractivity contribution >= 4 is 10.9 Å². The summed E-state index contributed by atoms with van der Waals surface area (Å²) in [6.07, 6.45) is 0. The number of nitrogens with one attached hydrogen (secondary N) is 1. The van der Waals surface area contributed by atoms with Crippen molar-refractivity contribution in [1.82, 2.24) is 9.55 Å². The highest BCUT2D eigenvalue weighted by molar-refractivity contribution is 5.81. The predicted octanol–water partition coefficient (Wildman–Crippen LogP) is 0.438. The molecule has 0 radical (unpaired) electrons. The molecule has 1 aromatic heterocycles. The lowest BCUT2D eigenvalue weighted by Gasteiger charge is -2.04. The second-order valence-corrected chi connectivity index (χ2v) is 3.73. The molecule has 0 aliphatic carbocycles. The van der Waals surface area contributed by atoms with Gasteiger partial charge in [-0.15, -0.1) is 0 Å². The van der Waals surface area contributed by atoms with Crippen LogP contribution < -0.4 is 20.7 Å². The number of hydrogen-bond acceptors (Lipinski definition) is 4. The Morgan fingerprint density at radius 1 is 1.29 bits per heavy atom. The monoisotopic (exact) mass is 234 g/mol. The number of benzene rings is 1. The zero-order valence-electron chi connectivity index (χ0n) is 9.15. The number of H-pyrrole nitrogens is 1. The van der Waals surface area contributed by atoms with Crippen LogP contribution in [0.5, 0.6) is 11.5 Å². The van der Waals surface area contributed by atoms with Crippen LogP contribution in [0.2, 0.25) is 0 Å². The first-order valence-electron chi connectivity index (χ1n) is 5.27. The second-order valence-electron chi connectivity index (χ2n) is 3.73. The van der Waals surface area contributed by atoms with Crippen LogP contribution in [-0.2, 0) is 6.54 Å². The van der Waals surface area contributed by atoms with E-state index in [2.05, 4.69) is 4.98 Å². The number of ether oxygens (including phenoxy) is 2. The van der Waals surface area contributed by atoms with Gasteiger partial charge in [-0.05, 0) is 13.0 Å². The van der Waals surface area contributed by atoms with Gasteiger partial charge in [0, 0.05) is 12.6 Å². The summed E-state index contributed by atoms with van der Waals surface area (Å²) >= 11 is 0. The van der Waals surface area contributed by atoms with E-state index >= 15 is 0 Å². The van der Waals surface area contributed by atoms with Gasteiger partial charge in [0.1, 0.15) is 0 Å². The van der Waals surface area contributed by atoms with Crippen molar-refractivity contribution < 1.29 is 9.47 Å². The Bertz CT molecular complexity index is 714. The Labute approximate surface area is 95.4 Å². The SMILES string of the molecule is CCn1c(=O)[nH]c2cc3c(cc2c1=O)OCO3. The molecule has 0 spiro atoms. The van der Waals surface area contributed by atoms with Gasteiger partial charge < -0.3 is 14.5 Å². The fourth-order valence-corrected chi connectivity index (χ4v) is 1.93. The molecular weight excluding hydrogens is 224 g/mol. The largest absolute Gasteiger partial charge is 0.454 e. The standard InChI is InChI=1S/C11H10N2O4/c1-2-13-10(14)6-3-8-9(17-5-16-8)4-7(6)12-11(13)15/h3-4H,2,5H2,1H3,(H,12,15). The average Bonchev–Trinajstić information content (AvgIpc) is 2.74. The smallest absolute Gasteiger partial charge is 0.328 e. The molecule has 2 heterocycles. The minimum absolute atomic E-state index is 0.137. The van der Waals surface area contributed by atoms with Crippen LogP contribution >= 0.6 is 0 Å². The summed E-state index contributed by atoms with van der Waals surface area (Å²) in [5.74, 6) is 1.08. The molecule has 6 nitrogen and oxygen atoms in total. The number of aromatic amines is 1. The van der Waals surface area contributed by atoms with Crippen LogP contribution in [0.25, 0.3) is 10.9 Å². The first-order valence-corrected chi connectivity index (χ1v) is 5.27. The number of hydrogen-bond donors (Lipinski definition) is 1. The Morgan fingerprint density at radius 2 is 2.00 bits per heavy atom. The van der Waals surface area contributed by atoms with Crippen molar-refractivity contribution in [2.24, 2.45) is 0 Å². The Balaban J connectivity index is 2.44. The maximum Gasteiger partial charge on any atom is 0.328 e. The maximum absolute atomic E-state index is 12.0. The van der Waals surface area contributed by atoms with E-state index in [1.807, 2.05) is 0 Å². The molecule has 0 saturated heterocycles. The fraction of sp³-hybridized carbons (Fsp3) is 0.273. The third-order valence-electron chi connectivity index (χ3n) is 2.79. The van der Waals surface area contributed by atoms with Crippen molar-refractivity contribution in [2.75, 3.05) is 6.79 Å². The lowest BCUT2D eigenvalue weighted by atomic mass is 10.2. The molecule has 1 aromatic carbocycles. The molecule has 1 aliphatic heterocycles. The quantitative estimate of drug-likeness (QED) is 0.777. The van der Waals surface area contributed by atoms with E-state index in [1.165, 1.54) is 0 Å². The molecule has 0 unspecified atom stereocenters.